The largest absolute Gasteiger partial charge is 0.488 e. The van der Waals surface area contributed by atoms with E-state index in [4.69, 9.17) is 25.0 Å². The third-order valence-corrected chi connectivity index (χ3v) is 4.29. The predicted octanol–water partition coefficient (Wildman–Crippen LogP) is -1.18. The first-order valence-electron chi connectivity index (χ1n) is 10.3. The number of nitrogens with two attached hydrogens (primary N) is 2. The van der Waals surface area contributed by atoms with E-state index in [1.54, 1.807) is 69.0 Å². The number of amides is 1. The Kier molecular flexibility index (Phi) is 9.81. The summed E-state index contributed by atoms with van der Waals surface area (Å²) in [4.78, 5) is 12.7. The first-order valence-corrected chi connectivity index (χ1v) is 10.3. The van der Waals surface area contributed by atoms with Crippen molar-refractivity contribution < 1.29 is 35.6 Å². The number of carbonyl (C=O) groups excluding carboxylic acids is 1. The van der Waals surface area contributed by atoms with E-state index in [0.717, 1.165) is 5.56 Å². The summed E-state index contributed by atoms with van der Waals surface area (Å²) in [6.45, 7) is 2.26. The number of hydrogen-bond acceptors (Lipinski definition) is 5. The number of allylic oxidation sites excluding steroid dienone is 1. The van der Waals surface area contributed by atoms with Gasteiger partial charge in [-0.1, -0.05) is 0 Å². The third-order valence-electron chi connectivity index (χ3n) is 4.29. The minimum Gasteiger partial charge on any atom is -0.488 e. The molecular weight excluding hydrogens is 422 g/mol. The molecule has 0 aliphatic rings. The highest BCUT2D eigenvalue weighted by Crippen LogP contribution is 2.28. The van der Waals surface area contributed by atoms with Crippen LogP contribution in [0.1, 0.15) is 22.8 Å². The maximum Gasteiger partial charge on any atom is 0.339 e. The number of methoxy groups -OCH3 is 1. The summed E-state index contributed by atoms with van der Waals surface area (Å²) in [5, 5.41) is 17.2. The van der Waals surface area contributed by atoms with Gasteiger partial charge in [-0.2, -0.15) is 0 Å². The summed E-state index contributed by atoms with van der Waals surface area (Å²) < 4.78 is 17.0. The quantitative estimate of drug-likeness (QED) is 0.214. The van der Waals surface area contributed by atoms with Crippen LogP contribution < -0.4 is 36.7 Å². The van der Waals surface area contributed by atoms with Crippen molar-refractivity contribution in [1.82, 2.24) is 10.6 Å². The van der Waals surface area contributed by atoms with Crippen LogP contribution in [0.2, 0.25) is 0 Å². The highest BCUT2D eigenvalue weighted by atomic mass is 16.5. The fourth-order valence-electron chi connectivity index (χ4n) is 2.82. The summed E-state index contributed by atoms with van der Waals surface area (Å²) in [5.74, 6) is 1.24. The minimum atomic E-state index is -0.402. The van der Waals surface area contributed by atoms with Gasteiger partial charge in [0.15, 0.2) is 0 Å². The van der Waals surface area contributed by atoms with Gasteiger partial charge in [-0.05, 0) is 43.3 Å². The topological polar surface area (TPSA) is 148 Å². The summed E-state index contributed by atoms with van der Waals surface area (Å²) in [6.07, 6.45) is 6.27. The summed E-state index contributed by atoms with van der Waals surface area (Å²) in [7, 11) is 3.32. The molecule has 9 N–H and O–H groups in total. The molecule has 0 fully saturated rings. The van der Waals surface area contributed by atoms with Crippen molar-refractivity contribution in [2.75, 3.05) is 20.8 Å². The van der Waals surface area contributed by atoms with E-state index in [2.05, 4.69) is 16.4 Å². The smallest absolute Gasteiger partial charge is 0.339 e. The van der Waals surface area contributed by atoms with Crippen molar-refractivity contribution in [3.8, 4) is 17.2 Å². The molecule has 2 aromatic rings. The molecule has 0 heterocycles. The van der Waals surface area contributed by atoms with E-state index in [-0.39, 0.29) is 11.9 Å². The molecule has 0 saturated carbocycles. The molecule has 9 heteroatoms. The monoisotopic (exact) mass is 454 g/mol. The third kappa shape index (κ3) is 8.24. The molecule has 0 radical (unpaired) electrons. The van der Waals surface area contributed by atoms with Crippen molar-refractivity contribution in [2.24, 2.45) is 0 Å². The zero-order valence-electron chi connectivity index (χ0n) is 19.1. The van der Waals surface area contributed by atoms with E-state index in [1.807, 2.05) is 19.1 Å². The number of nitrogens with one attached hydrogen (secondary N) is 2. The van der Waals surface area contributed by atoms with Crippen LogP contribution in [0.25, 0.3) is 0 Å². The molecule has 0 bridgehead atoms. The maximum absolute atomic E-state index is 12.7. The molecule has 1 atom stereocenters. The molecule has 0 unspecified atom stereocenters. The van der Waals surface area contributed by atoms with Crippen molar-refractivity contribution in [1.29, 1.82) is 0 Å². The van der Waals surface area contributed by atoms with Crippen LogP contribution in [0.3, 0.4) is 0 Å². The molecule has 0 aliphatic carbocycles. The summed E-state index contributed by atoms with van der Waals surface area (Å²) >= 11 is 0. The van der Waals surface area contributed by atoms with Gasteiger partial charge in [-0.15, -0.1) is 0 Å². The Bertz CT molecular complexity index is 1030. The zero-order valence-corrected chi connectivity index (χ0v) is 19.1. The van der Waals surface area contributed by atoms with Crippen LogP contribution in [-0.4, -0.2) is 44.3 Å². The standard InChI is InChI=1S/C24H29N5O4/c1-16(15-31-3)32-20-12-18(24(30)29-23(27)9-11-28-2)13-21(14-20)33-19-6-4-17(5-7-19)22(26)8-10-25/h4-14,16,26,28H,15,25H2,1-3H3,(H2,27,29,30)/p+3/b10-8-,11-9-,26-22?/t16-/m0/s1. The van der Waals surface area contributed by atoms with Gasteiger partial charge in [-0.3, -0.25) is 10.8 Å². The number of quaternary nitrogens is 1. The van der Waals surface area contributed by atoms with Gasteiger partial charge < -0.3 is 25.3 Å². The number of benzene rings is 2. The van der Waals surface area contributed by atoms with Gasteiger partial charge in [0.05, 0.1) is 24.4 Å². The molecule has 1 amide bonds. The number of carbonyl (C=O) groups is 1. The Morgan fingerprint density at radius 3 is 2.39 bits per heavy atom. The lowest BCUT2D eigenvalue weighted by Gasteiger charge is -2.16. The predicted molar refractivity (Wildman–Crippen MR) is 126 cm³/mol. The van der Waals surface area contributed by atoms with Gasteiger partial charge in [0.2, 0.25) is 5.71 Å². The van der Waals surface area contributed by atoms with Gasteiger partial charge in [0, 0.05) is 38.1 Å². The van der Waals surface area contributed by atoms with Gasteiger partial charge in [0.1, 0.15) is 23.4 Å². The van der Waals surface area contributed by atoms with E-state index < -0.39 is 5.91 Å². The lowest BCUT2D eigenvalue weighted by atomic mass is 10.1. The average Bonchev–Trinajstić information content (AvgIpc) is 2.78. The van der Waals surface area contributed by atoms with E-state index in [9.17, 15) is 4.79 Å². The Morgan fingerprint density at radius 2 is 1.76 bits per heavy atom. The van der Waals surface area contributed by atoms with E-state index >= 15 is 0 Å². The Labute approximate surface area is 193 Å². The zero-order chi connectivity index (χ0) is 24.2. The highest BCUT2D eigenvalue weighted by molar-refractivity contribution is 6.08. The van der Waals surface area contributed by atoms with Gasteiger partial charge >= 0.3 is 5.91 Å². The second-order valence-electron chi connectivity index (χ2n) is 7.09. The highest BCUT2D eigenvalue weighted by Gasteiger charge is 2.17. The lowest BCUT2D eigenvalue weighted by molar-refractivity contribution is -0.274. The molecule has 9 nitrogen and oxygen atoms in total. The van der Waals surface area contributed by atoms with Crippen LogP contribution in [0.15, 0.2) is 67.0 Å². The Morgan fingerprint density at radius 1 is 1.06 bits per heavy atom. The van der Waals surface area contributed by atoms with Crippen molar-refractivity contribution in [3.63, 3.8) is 0 Å². The molecular formula is C24H32N5O4+3. The molecule has 33 heavy (non-hydrogen) atoms. The molecule has 0 saturated heterocycles. The van der Waals surface area contributed by atoms with Crippen molar-refractivity contribution in [2.45, 2.75) is 13.0 Å². The molecule has 174 valence electrons. The SMILES string of the molecule is CN/C=C\C(=[NH2+])NC(=O)c1cc(Oc2ccc(C(=[NH2+])/C=C\[NH3+])cc2)cc(O[C@@H](C)COC)c1. The van der Waals surface area contributed by atoms with Crippen LogP contribution in [-0.2, 0) is 4.74 Å². The fraction of sp³-hybridized carbons (Fsp3) is 0.208. The van der Waals surface area contributed by atoms with Crippen molar-refractivity contribution in [3.05, 3.63) is 78.1 Å². The number of ether oxygens (including phenoxy) is 3. The van der Waals surface area contributed by atoms with Crippen LogP contribution in [0.5, 0.6) is 17.2 Å². The molecule has 2 rings (SSSR count). The molecule has 0 aromatic heterocycles. The summed E-state index contributed by atoms with van der Waals surface area (Å²) in [5.41, 5.74) is 5.40. The summed E-state index contributed by atoms with van der Waals surface area (Å²) in [6, 6.07) is 12.2. The number of amidine groups is 1. The van der Waals surface area contributed by atoms with Crippen LogP contribution in [0.4, 0.5) is 0 Å². The van der Waals surface area contributed by atoms with Crippen LogP contribution in [0, 0.1) is 0 Å². The Balaban J connectivity index is 2.29. The van der Waals surface area contributed by atoms with E-state index in [0.29, 0.717) is 35.1 Å². The van der Waals surface area contributed by atoms with Crippen molar-refractivity contribution >= 4 is 17.5 Å². The minimum absolute atomic E-state index is 0.191. The van der Waals surface area contributed by atoms with Gasteiger partial charge in [0.25, 0.3) is 5.84 Å². The number of rotatable bonds is 11. The Hall–Kier alpha value is -3.95. The fourth-order valence-corrected chi connectivity index (χ4v) is 2.82. The van der Waals surface area contributed by atoms with E-state index in [1.165, 1.54) is 0 Å². The normalized spacial score (nSPS) is 11.9. The lowest BCUT2D eigenvalue weighted by Crippen LogP contribution is -2.49. The molecule has 0 spiro atoms. The first-order chi connectivity index (χ1) is 15.9. The van der Waals surface area contributed by atoms with Gasteiger partial charge in [-0.25, -0.2) is 10.1 Å². The molecule has 2 aromatic carbocycles. The van der Waals surface area contributed by atoms with Crippen LogP contribution >= 0.6 is 0 Å². The maximum atomic E-state index is 12.7. The number of hydrogen-bond donors (Lipinski definition) is 5. The average molecular weight is 455 g/mol. The first kappa shape index (κ1) is 25.3. The second kappa shape index (κ2) is 12.8. The second-order valence-corrected chi connectivity index (χ2v) is 7.09. The molecule has 0 aliphatic heterocycles.